The second kappa shape index (κ2) is 8.44. The highest BCUT2D eigenvalue weighted by Crippen LogP contribution is 2.38. The zero-order valence-electron chi connectivity index (χ0n) is 19.8. The minimum atomic E-state index is -0.318. The van der Waals surface area contributed by atoms with Crippen LogP contribution in [0.2, 0.25) is 0 Å². The molecule has 0 saturated heterocycles. The number of hydrogen-bond acceptors (Lipinski definition) is 3. The molecule has 6 rings (SSSR count). The Hall–Kier alpha value is -4.82. The molecule has 172 valence electrons. The number of pyridine rings is 2. The van der Waals surface area contributed by atoms with Gasteiger partial charge in [-0.05, 0) is 35.7 Å². The van der Waals surface area contributed by atoms with E-state index < -0.39 is 0 Å². The van der Waals surface area contributed by atoms with Crippen LogP contribution < -0.4 is 4.57 Å². The van der Waals surface area contributed by atoms with Crippen LogP contribution in [0, 0.1) is 24.1 Å². The van der Waals surface area contributed by atoms with Gasteiger partial charge in [-0.1, -0.05) is 60.7 Å². The maximum atomic E-state index is 14.2. The first kappa shape index (κ1) is 21.7. The van der Waals surface area contributed by atoms with Gasteiger partial charge in [-0.25, -0.2) is 13.9 Å². The first-order valence-corrected chi connectivity index (χ1v) is 11.6. The fourth-order valence-electron chi connectivity index (χ4n) is 4.76. The molecule has 5 heteroatoms. The highest BCUT2D eigenvalue weighted by Gasteiger charge is 2.23. The molecule has 0 aliphatic carbocycles. The van der Waals surface area contributed by atoms with Crippen LogP contribution in [0.4, 0.5) is 4.39 Å². The summed E-state index contributed by atoms with van der Waals surface area (Å²) in [5.41, 5.74) is 7.53. The molecule has 3 aromatic carbocycles. The zero-order chi connectivity index (χ0) is 24.8. The van der Waals surface area contributed by atoms with Crippen molar-refractivity contribution >= 4 is 22.1 Å². The molecule has 0 fully saturated rings. The summed E-state index contributed by atoms with van der Waals surface area (Å²) in [6.45, 7) is 1.97. The van der Waals surface area contributed by atoms with E-state index >= 15 is 0 Å². The van der Waals surface area contributed by atoms with Gasteiger partial charge in [-0.2, -0.15) is 5.26 Å². The van der Waals surface area contributed by atoms with E-state index in [1.165, 1.54) is 12.1 Å². The molecule has 0 aliphatic heterocycles. The summed E-state index contributed by atoms with van der Waals surface area (Å²) in [7, 11) is 1.87. The minimum absolute atomic E-state index is 0.318. The number of furan rings is 1. The van der Waals surface area contributed by atoms with Gasteiger partial charge in [-0.3, -0.25) is 0 Å². The molecule has 0 spiro atoms. The lowest BCUT2D eigenvalue weighted by Gasteiger charge is -2.07. The molecule has 4 nitrogen and oxygen atoms in total. The molecule has 36 heavy (non-hydrogen) atoms. The quantitative estimate of drug-likeness (QED) is 0.259. The van der Waals surface area contributed by atoms with Gasteiger partial charge in [0.2, 0.25) is 11.4 Å². The zero-order valence-corrected chi connectivity index (χ0v) is 19.8. The average Bonchev–Trinajstić information content (AvgIpc) is 3.27. The predicted octanol–water partition coefficient (Wildman–Crippen LogP) is 7.13. The molecule has 0 N–H and O–H groups in total. The summed E-state index contributed by atoms with van der Waals surface area (Å²) < 4.78 is 22.4. The van der Waals surface area contributed by atoms with Crippen LogP contribution in [-0.2, 0) is 7.05 Å². The Balaban J connectivity index is 1.59. The molecule has 0 saturated carbocycles. The Morgan fingerprint density at radius 2 is 1.64 bits per heavy atom. The van der Waals surface area contributed by atoms with Gasteiger partial charge >= 0.3 is 0 Å². The van der Waals surface area contributed by atoms with E-state index in [2.05, 4.69) is 18.2 Å². The van der Waals surface area contributed by atoms with Crippen LogP contribution in [-0.4, -0.2) is 4.98 Å². The Morgan fingerprint density at radius 1 is 0.861 bits per heavy atom. The van der Waals surface area contributed by atoms with Crippen molar-refractivity contribution < 1.29 is 13.4 Å². The monoisotopic (exact) mass is 470 g/mol. The molecule has 0 unspecified atom stereocenters. The number of aromatic nitrogens is 2. The third-order valence-corrected chi connectivity index (χ3v) is 6.57. The lowest BCUT2D eigenvalue weighted by molar-refractivity contribution is -0.660. The summed E-state index contributed by atoms with van der Waals surface area (Å²) in [5.74, 6) is -0.318. The largest absolute Gasteiger partial charge is 0.437 e. The van der Waals surface area contributed by atoms with E-state index in [1.807, 2.05) is 79.2 Å². The fraction of sp³-hybridized carbons (Fsp3) is 0.0645. The van der Waals surface area contributed by atoms with Gasteiger partial charge in [0.25, 0.3) is 0 Å². The second-order valence-electron chi connectivity index (χ2n) is 8.87. The first-order valence-electron chi connectivity index (χ1n) is 11.6. The van der Waals surface area contributed by atoms with E-state index in [0.29, 0.717) is 28.2 Å². The number of halogens is 1. The van der Waals surface area contributed by atoms with Gasteiger partial charge < -0.3 is 4.42 Å². The van der Waals surface area contributed by atoms with E-state index in [0.717, 1.165) is 38.6 Å². The maximum absolute atomic E-state index is 14.2. The average molecular weight is 471 g/mol. The van der Waals surface area contributed by atoms with Crippen molar-refractivity contribution in [2.75, 3.05) is 0 Å². The Morgan fingerprint density at radius 3 is 2.44 bits per heavy atom. The number of benzene rings is 3. The Labute approximate surface area is 207 Å². The molecule has 3 heterocycles. The van der Waals surface area contributed by atoms with Crippen molar-refractivity contribution in [3.8, 4) is 39.7 Å². The van der Waals surface area contributed by atoms with Crippen LogP contribution in [0.5, 0.6) is 0 Å². The summed E-state index contributed by atoms with van der Waals surface area (Å²) in [5, 5.41) is 11.6. The standard InChI is InChI=1S/C31H21FN3O/c1-19-11-12-25-26-16-23(18-33)29(22-10-6-9-21(15-22)20-7-4-3-5-8-20)34-31(26)36-30(25)28(19)27-17-24(32)13-14-35(27)2/h3-17H,1-2H3/q+1. The molecule has 0 atom stereocenters. The minimum Gasteiger partial charge on any atom is -0.437 e. The van der Waals surface area contributed by atoms with Crippen molar-refractivity contribution in [3.63, 3.8) is 0 Å². The van der Waals surface area contributed by atoms with E-state index in [-0.39, 0.29) is 5.82 Å². The number of fused-ring (bicyclic) bond motifs is 3. The lowest BCUT2D eigenvalue weighted by atomic mass is 9.98. The maximum Gasteiger partial charge on any atom is 0.227 e. The van der Waals surface area contributed by atoms with Crippen LogP contribution in [0.15, 0.2) is 95.5 Å². The van der Waals surface area contributed by atoms with E-state index in [9.17, 15) is 9.65 Å². The van der Waals surface area contributed by atoms with Crippen LogP contribution in [0.3, 0.4) is 0 Å². The fourth-order valence-corrected chi connectivity index (χ4v) is 4.76. The Bertz CT molecular complexity index is 1830. The number of nitriles is 1. The number of hydrogen-bond donors (Lipinski definition) is 0. The third kappa shape index (κ3) is 3.52. The molecular weight excluding hydrogens is 449 g/mol. The molecule has 0 amide bonds. The molecule has 0 aliphatic rings. The molecule has 3 aromatic heterocycles. The van der Waals surface area contributed by atoms with Gasteiger partial charge in [-0.15, -0.1) is 0 Å². The third-order valence-electron chi connectivity index (χ3n) is 6.57. The predicted molar refractivity (Wildman–Crippen MR) is 138 cm³/mol. The summed E-state index contributed by atoms with van der Waals surface area (Å²) in [4.78, 5) is 4.82. The topological polar surface area (TPSA) is 53.7 Å². The van der Waals surface area contributed by atoms with Crippen molar-refractivity contribution in [3.05, 3.63) is 108 Å². The molecular formula is C31H21FN3O+. The summed E-state index contributed by atoms with van der Waals surface area (Å²) in [6.07, 6.45) is 1.69. The van der Waals surface area contributed by atoms with E-state index in [4.69, 9.17) is 9.40 Å². The normalized spacial score (nSPS) is 11.2. The lowest BCUT2D eigenvalue weighted by Crippen LogP contribution is -2.30. The van der Waals surface area contributed by atoms with Crippen molar-refractivity contribution in [1.82, 2.24) is 4.98 Å². The van der Waals surface area contributed by atoms with Gasteiger partial charge in [0.05, 0.1) is 16.8 Å². The van der Waals surface area contributed by atoms with Gasteiger partial charge in [0.1, 0.15) is 18.9 Å². The molecule has 0 radical (unpaired) electrons. The summed E-state index contributed by atoms with van der Waals surface area (Å²) in [6, 6.07) is 29.1. The number of nitrogens with zero attached hydrogens (tertiary/aromatic N) is 3. The number of aryl methyl sites for hydroxylation is 2. The molecule has 0 bridgehead atoms. The van der Waals surface area contributed by atoms with Crippen LogP contribution in [0.1, 0.15) is 11.1 Å². The van der Waals surface area contributed by atoms with E-state index in [1.54, 1.807) is 6.20 Å². The first-order chi connectivity index (χ1) is 17.5. The van der Waals surface area contributed by atoms with Gasteiger partial charge in [0.15, 0.2) is 11.8 Å². The smallest absolute Gasteiger partial charge is 0.227 e. The van der Waals surface area contributed by atoms with Crippen molar-refractivity contribution in [1.29, 1.82) is 5.26 Å². The highest BCUT2D eigenvalue weighted by atomic mass is 19.1. The van der Waals surface area contributed by atoms with Crippen LogP contribution in [0.25, 0.3) is 55.7 Å². The second-order valence-corrected chi connectivity index (χ2v) is 8.87. The molecule has 6 aromatic rings. The summed E-state index contributed by atoms with van der Waals surface area (Å²) >= 11 is 0. The van der Waals surface area contributed by atoms with Crippen molar-refractivity contribution in [2.24, 2.45) is 7.05 Å². The number of rotatable bonds is 3. The van der Waals surface area contributed by atoms with Crippen LogP contribution >= 0.6 is 0 Å². The highest BCUT2D eigenvalue weighted by molar-refractivity contribution is 6.09. The SMILES string of the molecule is Cc1ccc2c(oc3nc(-c4cccc(-c5ccccc5)c4)c(C#N)cc32)c1-c1cc(F)cc[n+]1C. The van der Waals surface area contributed by atoms with Gasteiger partial charge in [0, 0.05) is 28.5 Å². The van der Waals surface area contributed by atoms with Crippen molar-refractivity contribution in [2.45, 2.75) is 6.92 Å². The Kier molecular flexibility index (Phi) is 5.09.